The van der Waals surface area contributed by atoms with Crippen LogP contribution < -0.4 is 0 Å². The Balaban J connectivity index is 2.76. The molecular formula is C12H14N2O2. The van der Waals surface area contributed by atoms with Gasteiger partial charge in [0.05, 0.1) is 17.3 Å². The number of nitrogens with zero attached hydrogens (tertiary/aromatic N) is 2. The molecule has 0 atom stereocenters. The van der Waals surface area contributed by atoms with E-state index in [1.54, 1.807) is 18.3 Å². The van der Waals surface area contributed by atoms with Crippen molar-refractivity contribution in [3.8, 4) is 0 Å². The Kier molecular flexibility index (Phi) is 2.22. The lowest BCUT2D eigenvalue weighted by atomic mass is 9.96. The van der Waals surface area contributed by atoms with Gasteiger partial charge in [0.2, 0.25) is 0 Å². The van der Waals surface area contributed by atoms with Gasteiger partial charge < -0.3 is 9.51 Å². The third-order valence-electron chi connectivity index (χ3n) is 2.47. The summed E-state index contributed by atoms with van der Waals surface area (Å²) in [6, 6.07) is 3.32. The lowest BCUT2D eigenvalue weighted by Crippen LogP contribution is -2.16. The van der Waals surface area contributed by atoms with Crippen LogP contribution in [0.25, 0.3) is 5.52 Å². The zero-order chi connectivity index (χ0) is 11.9. The van der Waals surface area contributed by atoms with Gasteiger partial charge in [-0.25, -0.2) is 9.78 Å². The normalized spacial score (nSPS) is 11.9. The van der Waals surface area contributed by atoms with Gasteiger partial charge in [0.25, 0.3) is 0 Å². The van der Waals surface area contributed by atoms with Crippen LogP contribution in [0, 0.1) is 0 Å². The van der Waals surface area contributed by atoms with Gasteiger partial charge in [-0.1, -0.05) is 20.8 Å². The molecule has 0 spiro atoms. The number of aromatic nitrogens is 2. The predicted octanol–water partition coefficient (Wildman–Crippen LogP) is 2.33. The molecule has 0 aromatic carbocycles. The second-order valence-corrected chi connectivity index (χ2v) is 4.81. The number of carboxylic acids is 1. The Labute approximate surface area is 93.5 Å². The average molecular weight is 218 g/mol. The van der Waals surface area contributed by atoms with Gasteiger partial charge >= 0.3 is 5.97 Å². The van der Waals surface area contributed by atoms with E-state index in [2.05, 4.69) is 25.8 Å². The van der Waals surface area contributed by atoms with Crippen molar-refractivity contribution in [1.29, 1.82) is 0 Å². The van der Waals surface area contributed by atoms with E-state index in [0.29, 0.717) is 5.52 Å². The van der Waals surface area contributed by atoms with Crippen LogP contribution in [0.5, 0.6) is 0 Å². The Morgan fingerprint density at radius 1 is 1.44 bits per heavy atom. The molecule has 84 valence electrons. The summed E-state index contributed by atoms with van der Waals surface area (Å²) in [6.07, 6.45) is 3.46. The van der Waals surface area contributed by atoms with E-state index < -0.39 is 5.97 Å². The Morgan fingerprint density at radius 3 is 2.69 bits per heavy atom. The fourth-order valence-corrected chi connectivity index (χ4v) is 1.76. The number of fused-ring (bicyclic) bond motifs is 1. The average Bonchev–Trinajstić information content (AvgIpc) is 2.59. The molecule has 0 fully saturated rings. The van der Waals surface area contributed by atoms with Crippen LogP contribution in [0.2, 0.25) is 0 Å². The largest absolute Gasteiger partial charge is 0.478 e. The van der Waals surface area contributed by atoms with E-state index in [0.717, 1.165) is 5.82 Å². The summed E-state index contributed by atoms with van der Waals surface area (Å²) >= 11 is 0. The van der Waals surface area contributed by atoms with Gasteiger partial charge in [-0.3, -0.25) is 0 Å². The van der Waals surface area contributed by atoms with E-state index >= 15 is 0 Å². The van der Waals surface area contributed by atoms with Gasteiger partial charge in [-0.2, -0.15) is 0 Å². The molecule has 2 aromatic heterocycles. The van der Waals surface area contributed by atoms with Gasteiger partial charge in [-0.15, -0.1) is 0 Å². The molecule has 16 heavy (non-hydrogen) atoms. The molecule has 0 aliphatic rings. The molecule has 0 amide bonds. The maximum absolute atomic E-state index is 11.0. The predicted molar refractivity (Wildman–Crippen MR) is 60.9 cm³/mol. The van der Waals surface area contributed by atoms with E-state index in [1.807, 2.05) is 10.6 Å². The minimum absolute atomic E-state index is 0.108. The highest BCUT2D eigenvalue weighted by molar-refractivity contribution is 5.95. The molecule has 4 heteroatoms. The second kappa shape index (κ2) is 3.33. The summed E-state index contributed by atoms with van der Waals surface area (Å²) in [7, 11) is 0. The van der Waals surface area contributed by atoms with Gasteiger partial charge in [0.1, 0.15) is 5.82 Å². The zero-order valence-corrected chi connectivity index (χ0v) is 9.56. The number of hydrogen-bond acceptors (Lipinski definition) is 2. The first-order chi connectivity index (χ1) is 7.41. The Bertz CT molecular complexity index is 550. The molecule has 4 nitrogen and oxygen atoms in total. The number of aromatic carboxylic acids is 1. The maximum Gasteiger partial charge on any atom is 0.337 e. The molecule has 2 rings (SSSR count). The molecule has 1 N–H and O–H groups in total. The van der Waals surface area contributed by atoms with Crippen molar-refractivity contribution in [2.45, 2.75) is 26.2 Å². The van der Waals surface area contributed by atoms with Crippen molar-refractivity contribution in [3.63, 3.8) is 0 Å². The van der Waals surface area contributed by atoms with Crippen LogP contribution in [0.15, 0.2) is 24.5 Å². The van der Waals surface area contributed by atoms with Crippen molar-refractivity contribution >= 4 is 11.5 Å². The van der Waals surface area contributed by atoms with E-state index in [-0.39, 0.29) is 11.0 Å². The van der Waals surface area contributed by atoms with Crippen LogP contribution in [0.3, 0.4) is 0 Å². The van der Waals surface area contributed by atoms with E-state index in [1.165, 1.54) is 0 Å². The molecule has 0 radical (unpaired) electrons. The summed E-state index contributed by atoms with van der Waals surface area (Å²) < 4.78 is 1.84. The SMILES string of the molecule is CC(C)(C)c1ncc2c(C(=O)O)cccn12. The standard InChI is InChI=1S/C12H14N2O2/c1-12(2,3)11-13-7-9-8(10(15)16)5-4-6-14(9)11/h4-7H,1-3H3,(H,15,16). The Hall–Kier alpha value is -1.84. The summed E-state index contributed by atoms with van der Waals surface area (Å²) in [5.41, 5.74) is 0.814. The maximum atomic E-state index is 11.0. The highest BCUT2D eigenvalue weighted by Crippen LogP contribution is 2.23. The summed E-state index contributed by atoms with van der Waals surface area (Å²) in [4.78, 5) is 15.3. The first-order valence-corrected chi connectivity index (χ1v) is 5.11. The summed E-state index contributed by atoms with van der Waals surface area (Å²) in [5.74, 6) is -0.0587. The van der Waals surface area contributed by atoms with Crippen molar-refractivity contribution in [2.24, 2.45) is 0 Å². The zero-order valence-electron chi connectivity index (χ0n) is 9.56. The molecule has 0 bridgehead atoms. The van der Waals surface area contributed by atoms with Gasteiger partial charge in [0, 0.05) is 11.6 Å². The molecule has 0 aliphatic carbocycles. The van der Waals surface area contributed by atoms with Crippen LogP contribution in [0.1, 0.15) is 37.0 Å². The first-order valence-electron chi connectivity index (χ1n) is 5.11. The van der Waals surface area contributed by atoms with Gasteiger partial charge in [0.15, 0.2) is 0 Å². The summed E-state index contributed by atoms with van der Waals surface area (Å²) in [6.45, 7) is 6.15. The van der Waals surface area contributed by atoms with Crippen molar-refractivity contribution in [2.75, 3.05) is 0 Å². The molecule has 0 unspecified atom stereocenters. The smallest absolute Gasteiger partial charge is 0.337 e. The van der Waals surface area contributed by atoms with Crippen LogP contribution in [0.4, 0.5) is 0 Å². The lowest BCUT2D eigenvalue weighted by molar-refractivity contribution is 0.0698. The van der Waals surface area contributed by atoms with E-state index in [4.69, 9.17) is 5.11 Å². The fraction of sp³-hybridized carbons (Fsp3) is 0.333. The number of pyridine rings is 1. The highest BCUT2D eigenvalue weighted by atomic mass is 16.4. The van der Waals surface area contributed by atoms with Crippen LogP contribution in [-0.2, 0) is 5.41 Å². The number of carboxylic acid groups (broad SMARTS) is 1. The van der Waals surface area contributed by atoms with E-state index in [9.17, 15) is 4.79 Å². The Morgan fingerprint density at radius 2 is 2.12 bits per heavy atom. The molecule has 0 saturated carbocycles. The first kappa shape index (κ1) is 10.7. The van der Waals surface area contributed by atoms with Gasteiger partial charge in [-0.05, 0) is 12.1 Å². The molecule has 0 saturated heterocycles. The number of carbonyl (C=O) groups is 1. The van der Waals surface area contributed by atoms with Crippen molar-refractivity contribution < 1.29 is 9.90 Å². The minimum atomic E-state index is -0.925. The van der Waals surface area contributed by atoms with Crippen LogP contribution >= 0.6 is 0 Å². The number of rotatable bonds is 1. The monoisotopic (exact) mass is 218 g/mol. The summed E-state index contributed by atoms with van der Waals surface area (Å²) in [5, 5.41) is 9.05. The second-order valence-electron chi connectivity index (χ2n) is 4.81. The number of imidazole rings is 1. The van der Waals surface area contributed by atoms with Crippen molar-refractivity contribution in [3.05, 3.63) is 35.9 Å². The molecule has 2 aromatic rings. The molecule has 0 aliphatic heterocycles. The van der Waals surface area contributed by atoms with Crippen LogP contribution in [-0.4, -0.2) is 20.5 Å². The van der Waals surface area contributed by atoms with Crippen molar-refractivity contribution in [1.82, 2.24) is 9.38 Å². The minimum Gasteiger partial charge on any atom is -0.478 e. The third kappa shape index (κ3) is 1.56. The quantitative estimate of drug-likeness (QED) is 0.799. The lowest BCUT2D eigenvalue weighted by Gasteiger charge is -2.16. The molecule has 2 heterocycles. The topological polar surface area (TPSA) is 54.6 Å². The fourth-order valence-electron chi connectivity index (χ4n) is 1.76. The third-order valence-corrected chi connectivity index (χ3v) is 2.47. The number of hydrogen-bond donors (Lipinski definition) is 1. The molecular weight excluding hydrogens is 204 g/mol. The highest BCUT2D eigenvalue weighted by Gasteiger charge is 2.21.